The summed E-state index contributed by atoms with van der Waals surface area (Å²) >= 11 is 6.67. The van der Waals surface area contributed by atoms with E-state index in [1.807, 2.05) is 0 Å². The molecule has 0 aliphatic heterocycles. The molecule has 1 aromatic carbocycles. The lowest BCUT2D eigenvalue weighted by molar-refractivity contribution is -0.384. The highest BCUT2D eigenvalue weighted by atomic mass is 35.5. The Balaban J connectivity index is 2.31. The van der Waals surface area contributed by atoms with Gasteiger partial charge in [0.2, 0.25) is 5.13 Å². The lowest BCUT2D eigenvalue weighted by atomic mass is 10.2. The molecule has 0 spiro atoms. The average molecular weight is 286 g/mol. The highest BCUT2D eigenvalue weighted by Gasteiger charge is 2.20. The number of nitrogens with zero attached hydrogens (tertiary/aromatic N) is 4. The third kappa shape index (κ3) is 2.41. The monoisotopic (exact) mass is 285 g/mol. The molecule has 10 heteroatoms. The summed E-state index contributed by atoms with van der Waals surface area (Å²) in [6, 6.07) is 3.96. The van der Waals surface area contributed by atoms with Crippen molar-refractivity contribution in [2.24, 2.45) is 0 Å². The van der Waals surface area contributed by atoms with Gasteiger partial charge in [-0.05, 0) is 11.3 Å². The Hall–Kier alpha value is -2.13. The van der Waals surface area contributed by atoms with Crippen LogP contribution in [0.25, 0.3) is 0 Å². The summed E-state index contributed by atoms with van der Waals surface area (Å²) < 4.78 is 3.46. The van der Waals surface area contributed by atoms with Crippen LogP contribution in [0.3, 0.4) is 0 Å². The number of nitrogens with one attached hydrogen (secondary N) is 1. The largest absolute Gasteiger partial charge is 0.295 e. The number of anilines is 1. The molecule has 1 amide bonds. The molecule has 0 aliphatic rings. The Bertz CT molecular complexity index is 603. The number of halogens is 1. The fraction of sp³-hybridized carbons (Fsp3) is 0. The van der Waals surface area contributed by atoms with Crippen LogP contribution in [-0.2, 0) is 0 Å². The minimum absolute atomic E-state index is 0.0129. The van der Waals surface area contributed by atoms with Crippen molar-refractivity contribution in [3.63, 3.8) is 0 Å². The van der Waals surface area contributed by atoms with Crippen LogP contribution in [0.5, 0.6) is 0 Å². The molecule has 8 nitrogen and oxygen atoms in total. The first kappa shape index (κ1) is 12.3. The van der Waals surface area contributed by atoms with Gasteiger partial charge in [-0.25, -0.2) is 0 Å². The first-order chi connectivity index (χ1) is 8.59. The fourth-order valence-electron chi connectivity index (χ4n) is 1.18. The maximum absolute atomic E-state index is 11.8. The van der Waals surface area contributed by atoms with Gasteiger partial charge in [0.1, 0.15) is 5.02 Å². The van der Waals surface area contributed by atoms with E-state index in [0.717, 1.165) is 11.5 Å². The van der Waals surface area contributed by atoms with Crippen LogP contribution in [0, 0.1) is 10.1 Å². The summed E-state index contributed by atoms with van der Waals surface area (Å²) in [5, 5.41) is 19.8. The maximum Gasteiger partial charge on any atom is 0.288 e. The second kappa shape index (κ2) is 5.02. The Morgan fingerprint density at radius 3 is 2.89 bits per heavy atom. The number of aromatic nitrogens is 3. The molecule has 0 bridgehead atoms. The number of benzene rings is 1. The van der Waals surface area contributed by atoms with E-state index in [-0.39, 0.29) is 21.4 Å². The molecule has 0 saturated carbocycles. The number of hydrogen-bond donors (Lipinski definition) is 1. The number of rotatable bonds is 3. The second-order valence-electron chi connectivity index (χ2n) is 3.02. The quantitative estimate of drug-likeness (QED) is 0.679. The van der Waals surface area contributed by atoms with Crippen molar-refractivity contribution in [2.45, 2.75) is 0 Å². The second-order valence-corrected chi connectivity index (χ2v) is 4.13. The van der Waals surface area contributed by atoms with Gasteiger partial charge in [0, 0.05) is 17.6 Å². The van der Waals surface area contributed by atoms with Gasteiger partial charge in [-0.2, -0.15) is 0 Å². The van der Waals surface area contributed by atoms with Gasteiger partial charge in [-0.15, -0.1) is 0 Å². The topological polar surface area (TPSA) is 111 Å². The number of nitro groups is 1. The minimum atomic E-state index is -0.661. The van der Waals surface area contributed by atoms with Crippen molar-refractivity contribution in [2.75, 3.05) is 5.32 Å². The lowest BCUT2D eigenvalue weighted by Gasteiger charge is -2.03. The summed E-state index contributed by atoms with van der Waals surface area (Å²) in [4.78, 5) is 21.8. The number of nitro benzene ring substituents is 1. The molecule has 0 atom stereocenters. The van der Waals surface area contributed by atoms with Gasteiger partial charge in [0.15, 0.2) is 0 Å². The van der Waals surface area contributed by atoms with Crippen LogP contribution in [-0.4, -0.2) is 25.6 Å². The SMILES string of the molecule is O=C(Nc1nnns1)c1cccc([N+](=O)[O-])c1Cl. The number of amides is 1. The van der Waals surface area contributed by atoms with Crippen molar-refractivity contribution < 1.29 is 9.72 Å². The molecule has 1 N–H and O–H groups in total. The Labute approximate surface area is 109 Å². The standard InChI is InChI=1S/C8H4ClN5O3S/c9-6-4(2-1-3-5(6)14(16)17)7(15)10-8-11-12-13-18-8/h1-3H,(H,10,11,13,15). The number of carbonyl (C=O) groups is 1. The predicted octanol–water partition coefficient (Wildman–Crippen LogP) is 1.75. The van der Waals surface area contributed by atoms with Crippen LogP contribution >= 0.6 is 23.1 Å². The van der Waals surface area contributed by atoms with E-state index in [2.05, 4.69) is 20.1 Å². The van der Waals surface area contributed by atoms with Gasteiger partial charge in [0.25, 0.3) is 11.6 Å². The van der Waals surface area contributed by atoms with E-state index < -0.39 is 10.8 Å². The summed E-state index contributed by atoms with van der Waals surface area (Å²) in [5.74, 6) is -0.609. The van der Waals surface area contributed by atoms with Crippen LogP contribution in [0.15, 0.2) is 18.2 Å². The fourth-order valence-corrected chi connectivity index (χ4v) is 1.83. The first-order valence-electron chi connectivity index (χ1n) is 4.49. The van der Waals surface area contributed by atoms with E-state index in [9.17, 15) is 14.9 Å². The van der Waals surface area contributed by atoms with Crippen molar-refractivity contribution in [3.8, 4) is 0 Å². The van der Waals surface area contributed by atoms with Gasteiger partial charge < -0.3 is 0 Å². The van der Waals surface area contributed by atoms with Crippen LogP contribution in [0.2, 0.25) is 5.02 Å². The minimum Gasteiger partial charge on any atom is -0.295 e. The highest BCUT2D eigenvalue weighted by Crippen LogP contribution is 2.28. The molecule has 92 valence electrons. The average Bonchev–Trinajstić information content (AvgIpc) is 2.81. The molecular weight excluding hydrogens is 282 g/mol. The van der Waals surface area contributed by atoms with Crippen LogP contribution in [0.1, 0.15) is 10.4 Å². The van der Waals surface area contributed by atoms with Crippen LogP contribution in [0.4, 0.5) is 10.8 Å². The summed E-state index contributed by atoms with van der Waals surface area (Å²) in [5.41, 5.74) is -0.347. The summed E-state index contributed by atoms with van der Waals surface area (Å²) in [6.07, 6.45) is 0. The van der Waals surface area contributed by atoms with Gasteiger partial charge >= 0.3 is 0 Å². The lowest BCUT2D eigenvalue weighted by Crippen LogP contribution is -2.12. The first-order valence-corrected chi connectivity index (χ1v) is 5.64. The smallest absolute Gasteiger partial charge is 0.288 e. The van der Waals surface area contributed by atoms with Gasteiger partial charge in [-0.3, -0.25) is 20.2 Å². The normalized spacial score (nSPS) is 10.1. The van der Waals surface area contributed by atoms with Crippen molar-refractivity contribution in [3.05, 3.63) is 38.9 Å². The molecule has 0 aliphatic carbocycles. The van der Waals surface area contributed by atoms with E-state index in [4.69, 9.17) is 11.6 Å². The van der Waals surface area contributed by atoms with Crippen LogP contribution < -0.4 is 5.32 Å². The third-order valence-corrected chi connectivity index (χ3v) is 2.85. The van der Waals surface area contributed by atoms with E-state index in [1.165, 1.54) is 18.2 Å². The molecule has 0 radical (unpaired) electrons. The van der Waals surface area contributed by atoms with E-state index in [0.29, 0.717) is 0 Å². The third-order valence-electron chi connectivity index (χ3n) is 1.94. The van der Waals surface area contributed by atoms with E-state index >= 15 is 0 Å². The van der Waals surface area contributed by atoms with E-state index in [1.54, 1.807) is 0 Å². The molecule has 18 heavy (non-hydrogen) atoms. The predicted molar refractivity (Wildman–Crippen MR) is 63.8 cm³/mol. The molecule has 2 rings (SSSR count). The molecule has 0 saturated heterocycles. The maximum atomic E-state index is 11.8. The molecule has 0 unspecified atom stereocenters. The van der Waals surface area contributed by atoms with Crippen molar-refractivity contribution >= 4 is 39.9 Å². The Morgan fingerprint density at radius 2 is 2.28 bits per heavy atom. The molecule has 1 heterocycles. The number of hydrogen-bond acceptors (Lipinski definition) is 7. The summed E-state index contributed by atoms with van der Waals surface area (Å²) in [7, 11) is 0. The molecule has 0 fully saturated rings. The van der Waals surface area contributed by atoms with Crippen molar-refractivity contribution in [1.82, 2.24) is 14.8 Å². The number of carbonyl (C=O) groups excluding carboxylic acids is 1. The van der Waals surface area contributed by atoms with Crippen molar-refractivity contribution in [1.29, 1.82) is 0 Å². The van der Waals surface area contributed by atoms with Gasteiger partial charge in [-0.1, -0.05) is 27.3 Å². The Morgan fingerprint density at radius 1 is 1.50 bits per heavy atom. The zero-order valence-corrected chi connectivity index (χ0v) is 10.1. The highest BCUT2D eigenvalue weighted by molar-refractivity contribution is 7.09. The molecule has 2 aromatic rings. The zero-order valence-electron chi connectivity index (χ0n) is 8.53. The molecular formula is C8H4ClN5O3S. The summed E-state index contributed by atoms with van der Waals surface area (Å²) in [6.45, 7) is 0. The molecule has 1 aromatic heterocycles. The Kier molecular flexibility index (Phi) is 3.44. The van der Waals surface area contributed by atoms with Gasteiger partial charge in [0.05, 0.1) is 10.5 Å². The zero-order chi connectivity index (χ0) is 13.1.